The fraction of sp³-hybridized carbons (Fsp3) is 0.125. The number of halogens is 1. The van der Waals surface area contributed by atoms with Crippen LogP contribution in [0.3, 0.4) is 0 Å². The van der Waals surface area contributed by atoms with Crippen molar-refractivity contribution in [3.8, 4) is 5.75 Å². The van der Waals surface area contributed by atoms with Crippen LogP contribution in [-0.2, 0) is 0 Å². The molecule has 1 N–H and O–H groups in total. The zero-order chi connectivity index (χ0) is 11.0. The molecule has 0 fully saturated rings. The molecule has 0 bridgehead atoms. The molecule has 2 aromatic rings. The zero-order valence-corrected chi connectivity index (χ0v) is 8.39. The Kier molecular flexibility index (Phi) is 2.20. The number of ether oxygens (including phenoxy) is 1. The highest BCUT2D eigenvalue weighted by atomic mass is 35.5. The number of fused-ring (bicyclic) bond motifs is 1. The minimum atomic E-state index is -1.40. The van der Waals surface area contributed by atoms with E-state index in [-0.39, 0.29) is 5.75 Å². The molecule has 0 aliphatic carbocycles. The zero-order valence-electron chi connectivity index (χ0n) is 7.64. The molecule has 0 atom stereocenters. The van der Waals surface area contributed by atoms with Crippen molar-refractivity contribution in [1.29, 1.82) is 0 Å². The molecule has 7 heteroatoms. The fourth-order valence-corrected chi connectivity index (χ4v) is 1.56. The van der Waals surface area contributed by atoms with Gasteiger partial charge in [0.05, 0.1) is 0 Å². The van der Waals surface area contributed by atoms with Crippen molar-refractivity contribution < 1.29 is 14.6 Å². The first-order chi connectivity index (χ1) is 7.08. The number of pyridine rings is 1. The lowest BCUT2D eigenvalue weighted by molar-refractivity contribution is 0.144. The molecule has 2 rings (SSSR count). The van der Waals surface area contributed by atoms with E-state index in [4.69, 9.17) is 16.7 Å². The number of aromatic nitrogens is 3. The molecule has 2 aromatic heterocycles. The van der Waals surface area contributed by atoms with Crippen LogP contribution >= 0.6 is 11.6 Å². The minimum absolute atomic E-state index is 0.118. The highest BCUT2D eigenvalue weighted by Gasteiger charge is 2.09. The minimum Gasteiger partial charge on any atom is -0.449 e. The second-order valence-electron chi connectivity index (χ2n) is 2.82. The second-order valence-corrected chi connectivity index (χ2v) is 3.21. The van der Waals surface area contributed by atoms with Crippen LogP contribution in [0.15, 0.2) is 12.1 Å². The molecule has 0 amide bonds. The summed E-state index contributed by atoms with van der Waals surface area (Å²) < 4.78 is 6.04. The number of aryl methyl sites for hydroxylation is 1. The first kappa shape index (κ1) is 9.72. The van der Waals surface area contributed by atoms with Crippen LogP contribution in [0, 0.1) is 6.92 Å². The largest absolute Gasteiger partial charge is 0.511 e. The third-order valence-corrected chi connectivity index (χ3v) is 2.08. The van der Waals surface area contributed by atoms with Gasteiger partial charge in [0, 0.05) is 12.1 Å². The van der Waals surface area contributed by atoms with Crippen LogP contribution in [0.25, 0.3) is 5.65 Å². The van der Waals surface area contributed by atoms with Crippen molar-refractivity contribution in [1.82, 2.24) is 14.6 Å². The third kappa shape index (κ3) is 1.71. The van der Waals surface area contributed by atoms with Gasteiger partial charge in [0.15, 0.2) is 5.65 Å². The van der Waals surface area contributed by atoms with Gasteiger partial charge in [0.2, 0.25) is 0 Å². The van der Waals surface area contributed by atoms with Crippen LogP contribution in [0.2, 0.25) is 5.15 Å². The van der Waals surface area contributed by atoms with Gasteiger partial charge in [-0.25, -0.2) is 4.79 Å². The van der Waals surface area contributed by atoms with E-state index in [1.54, 1.807) is 11.3 Å². The Bertz CT molecular complexity index is 537. The quantitative estimate of drug-likeness (QED) is 0.593. The molecule has 0 saturated heterocycles. The van der Waals surface area contributed by atoms with Crippen molar-refractivity contribution in [2.24, 2.45) is 0 Å². The van der Waals surface area contributed by atoms with Crippen LogP contribution in [0.4, 0.5) is 4.79 Å². The van der Waals surface area contributed by atoms with Crippen molar-refractivity contribution >= 4 is 23.4 Å². The van der Waals surface area contributed by atoms with Gasteiger partial charge in [0.25, 0.3) is 0 Å². The monoisotopic (exact) mass is 227 g/mol. The first-order valence-corrected chi connectivity index (χ1v) is 4.38. The van der Waals surface area contributed by atoms with E-state index in [1.165, 1.54) is 12.1 Å². The Morgan fingerprint density at radius 3 is 2.93 bits per heavy atom. The van der Waals surface area contributed by atoms with Crippen LogP contribution in [-0.4, -0.2) is 25.9 Å². The highest BCUT2D eigenvalue weighted by molar-refractivity contribution is 6.30. The Morgan fingerprint density at radius 1 is 1.53 bits per heavy atom. The average Bonchev–Trinajstić information content (AvgIpc) is 2.46. The SMILES string of the molecule is Cc1nnc2cc(OC(=O)O)cc(Cl)n12. The highest BCUT2D eigenvalue weighted by Crippen LogP contribution is 2.21. The second kappa shape index (κ2) is 3.39. The molecule has 6 nitrogen and oxygen atoms in total. The summed E-state index contributed by atoms with van der Waals surface area (Å²) in [6, 6.07) is 2.83. The van der Waals surface area contributed by atoms with Gasteiger partial charge in [-0.1, -0.05) is 11.6 Å². The van der Waals surface area contributed by atoms with Gasteiger partial charge in [-0.2, -0.15) is 0 Å². The summed E-state index contributed by atoms with van der Waals surface area (Å²) >= 11 is 5.90. The Morgan fingerprint density at radius 2 is 2.27 bits per heavy atom. The lowest BCUT2D eigenvalue weighted by Crippen LogP contribution is -2.03. The summed E-state index contributed by atoms with van der Waals surface area (Å²) in [6.45, 7) is 1.74. The van der Waals surface area contributed by atoms with Gasteiger partial charge in [-0.05, 0) is 6.92 Å². The van der Waals surface area contributed by atoms with E-state index in [9.17, 15) is 4.79 Å². The van der Waals surface area contributed by atoms with E-state index in [0.29, 0.717) is 16.6 Å². The molecule has 0 aromatic carbocycles. The molecule has 0 radical (unpaired) electrons. The number of rotatable bonds is 1. The molecule has 0 saturated carbocycles. The standard InChI is InChI=1S/C8H6ClN3O3/c1-4-10-11-7-3-5(15-8(13)14)2-6(9)12(4)7/h2-3H,1H3,(H,13,14). The van der Waals surface area contributed by atoms with Crippen LogP contribution < -0.4 is 4.74 Å². The fourth-order valence-electron chi connectivity index (χ4n) is 1.25. The average molecular weight is 228 g/mol. The Hall–Kier alpha value is -1.82. The van der Waals surface area contributed by atoms with E-state index in [0.717, 1.165) is 0 Å². The predicted molar refractivity (Wildman–Crippen MR) is 51.4 cm³/mol. The molecular formula is C8H6ClN3O3. The van der Waals surface area contributed by atoms with Crippen molar-refractivity contribution in [2.45, 2.75) is 6.92 Å². The van der Waals surface area contributed by atoms with E-state index in [2.05, 4.69) is 14.9 Å². The van der Waals surface area contributed by atoms with Gasteiger partial charge < -0.3 is 9.84 Å². The van der Waals surface area contributed by atoms with E-state index < -0.39 is 6.16 Å². The Labute approximate surface area is 89.1 Å². The molecule has 0 unspecified atom stereocenters. The van der Waals surface area contributed by atoms with Crippen LogP contribution in [0.5, 0.6) is 5.75 Å². The number of carbonyl (C=O) groups is 1. The summed E-state index contributed by atoms with van der Waals surface area (Å²) in [7, 11) is 0. The van der Waals surface area contributed by atoms with Crippen molar-refractivity contribution in [3.05, 3.63) is 23.1 Å². The number of hydrogen-bond donors (Lipinski definition) is 1. The Balaban J connectivity index is 2.58. The lowest BCUT2D eigenvalue weighted by atomic mass is 10.4. The molecule has 2 heterocycles. The first-order valence-electron chi connectivity index (χ1n) is 4.00. The van der Waals surface area contributed by atoms with Crippen LogP contribution in [0.1, 0.15) is 5.82 Å². The smallest absolute Gasteiger partial charge is 0.449 e. The maximum Gasteiger partial charge on any atom is 0.511 e. The lowest BCUT2D eigenvalue weighted by Gasteiger charge is -2.02. The maximum atomic E-state index is 10.3. The molecule has 78 valence electrons. The van der Waals surface area contributed by atoms with Gasteiger partial charge >= 0.3 is 6.16 Å². The molecule has 0 aliphatic rings. The molecular weight excluding hydrogens is 222 g/mol. The van der Waals surface area contributed by atoms with Crippen molar-refractivity contribution in [2.75, 3.05) is 0 Å². The number of hydrogen-bond acceptors (Lipinski definition) is 4. The summed E-state index contributed by atoms with van der Waals surface area (Å²) in [5.74, 6) is 0.740. The third-order valence-electron chi connectivity index (χ3n) is 1.80. The normalized spacial score (nSPS) is 10.5. The van der Waals surface area contributed by atoms with E-state index in [1.807, 2.05) is 0 Å². The molecule has 0 aliphatic heterocycles. The van der Waals surface area contributed by atoms with Crippen molar-refractivity contribution in [3.63, 3.8) is 0 Å². The molecule has 0 spiro atoms. The van der Waals surface area contributed by atoms with E-state index >= 15 is 0 Å². The topological polar surface area (TPSA) is 76.7 Å². The van der Waals surface area contributed by atoms with Gasteiger partial charge in [-0.3, -0.25) is 4.40 Å². The number of carboxylic acid groups (broad SMARTS) is 1. The summed E-state index contributed by atoms with van der Waals surface area (Å²) in [6.07, 6.45) is -1.40. The van der Waals surface area contributed by atoms with Gasteiger partial charge in [-0.15, -0.1) is 10.2 Å². The summed E-state index contributed by atoms with van der Waals surface area (Å²) in [5, 5.41) is 16.3. The van der Waals surface area contributed by atoms with Gasteiger partial charge in [0.1, 0.15) is 16.7 Å². The maximum absolute atomic E-state index is 10.3. The molecule has 15 heavy (non-hydrogen) atoms. The number of nitrogens with zero attached hydrogens (tertiary/aromatic N) is 3. The summed E-state index contributed by atoms with van der Waals surface area (Å²) in [4.78, 5) is 10.3. The predicted octanol–water partition coefficient (Wildman–Crippen LogP) is 1.75. The summed E-state index contributed by atoms with van der Waals surface area (Å²) in [5.41, 5.74) is 0.441.